The lowest BCUT2D eigenvalue weighted by molar-refractivity contribution is -0.132. The van der Waals surface area contributed by atoms with Crippen molar-refractivity contribution in [3.63, 3.8) is 0 Å². The molecule has 38 heavy (non-hydrogen) atoms. The topological polar surface area (TPSA) is 82.6 Å². The van der Waals surface area contributed by atoms with Gasteiger partial charge in [-0.1, -0.05) is 48.5 Å². The smallest absolute Gasteiger partial charge is 0.224 e. The average Bonchev–Trinajstić information content (AvgIpc) is 3.32. The van der Waals surface area contributed by atoms with Gasteiger partial charge in [0, 0.05) is 51.7 Å². The molecule has 0 radical (unpaired) electrons. The van der Waals surface area contributed by atoms with E-state index in [0.29, 0.717) is 26.0 Å². The lowest BCUT2D eigenvalue weighted by Crippen LogP contribution is -2.42. The number of hydrogen-bond acceptors (Lipinski definition) is 5. The normalized spacial score (nSPS) is 16.7. The number of para-hydroxylation sites is 1. The molecule has 7 heteroatoms. The SMILES string of the molecule is COCCCn1c([C@@H]2CCCN(C(=O)C[C@H](N)Cc3ccc4ccccc4c3)C2)nc2c(OC)cccc21. The highest BCUT2D eigenvalue weighted by Gasteiger charge is 2.29. The fourth-order valence-electron chi connectivity index (χ4n) is 5.73. The van der Waals surface area contributed by atoms with Crippen LogP contribution in [0.5, 0.6) is 5.75 Å². The summed E-state index contributed by atoms with van der Waals surface area (Å²) in [6.45, 7) is 2.93. The summed E-state index contributed by atoms with van der Waals surface area (Å²) in [5, 5.41) is 2.42. The predicted molar refractivity (Wildman–Crippen MR) is 152 cm³/mol. The Morgan fingerprint density at radius 2 is 1.95 bits per heavy atom. The molecule has 7 nitrogen and oxygen atoms in total. The third kappa shape index (κ3) is 5.69. The molecule has 2 atom stereocenters. The number of carbonyl (C=O) groups excluding carboxylic acids is 1. The van der Waals surface area contributed by atoms with Crippen molar-refractivity contribution in [3.8, 4) is 5.75 Å². The van der Waals surface area contributed by atoms with E-state index in [4.69, 9.17) is 20.2 Å². The third-order valence-corrected chi connectivity index (χ3v) is 7.61. The van der Waals surface area contributed by atoms with Gasteiger partial charge in [-0.2, -0.15) is 0 Å². The van der Waals surface area contributed by atoms with Gasteiger partial charge in [-0.25, -0.2) is 4.98 Å². The highest BCUT2D eigenvalue weighted by molar-refractivity contribution is 5.84. The maximum atomic E-state index is 13.3. The van der Waals surface area contributed by atoms with Crippen molar-refractivity contribution < 1.29 is 14.3 Å². The molecule has 0 spiro atoms. The Bertz CT molecular complexity index is 1400. The number of methoxy groups -OCH3 is 2. The minimum Gasteiger partial charge on any atom is -0.494 e. The molecule has 200 valence electrons. The molecule has 0 bridgehead atoms. The Balaban J connectivity index is 1.29. The van der Waals surface area contributed by atoms with Crippen molar-refractivity contribution in [2.75, 3.05) is 33.9 Å². The molecule has 1 aromatic heterocycles. The van der Waals surface area contributed by atoms with E-state index in [9.17, 15) is 4.79 Å². The molecule has 2 heterocycles. The van der Waals surface area contributed by atoms with Crippen LogP contribution >= 0.6 is 0 Å². The number of aryl methyl sites for hydroxylation is 1. The first kappa shape index (κ1) is 26.2. The van der Waals surface area contributed by atoms with Crippen molar-refractivity contribution in [2.45, 2.75) is 50.6 Å². The lowest BCUT2D eigenvalue weighted by atomic mass is 9.95. The molecule has 0 saturated carbocycles. The monoisotopic (exact) mass is 514 g/mol. The van der Waals surface area contributed by atoms with E-state index in [1.54, 1.807) is 14.2 Å². The number of nitrogens with two attached hydrogens (primary N) is 1. The summed E-state index contributed by atoms with van der Waals surface area (Å²) in [4.78, 5) is 20.4. The van der Waals surface area contributed by atoms with Gasteiger partial charge in [0.15, 0.2) is 0 Å². The molecule has 1 aliphatic rings. The van der Waals surface area contributed by atoms with Gasteiger partial charge in [0.05, 0.1) is 12.6 Å². The van der Waals surface area contributed by atoms with Crippen molar-refractivity contribution in [3.05, 3.63) is 72.1 Å². The zero-order chi connectivity index (χ0) is 26.5. The number of rotatable bonds is 10. The zero-order valence-electron chi connectivity index (χ0n) is 22.4. The molecule has 3 aromatic carbocycles. The maximum absolute atomic E-state index is 13.3. The Morgan fingerprint density at radius 1 is 1.11 bits per heavy atom. The minimum atomic E-state index is -0.216. The standard InChI is InChI=1S/C31H38N4O3/c1-37-17-7-16-35-27-11-5-12-28(38-2)30(27)33-31(35)25-10-6-15-34(21-25)29(36)20-26(32)19-22-13-14-23-8-3-4-9-24(23)18-22/h3-5,8-9,11-14,18,25-26H,6-7,10,15-17,19-21,32H2,1-2H3/t25-,26-/m1/s1. The number of benzene rings is 3. The van der Waals surface area contributed by atoms with Crippen LogP contribution in [0.4, 0.5) is 0 Å². The van der Waals surface area contributed by atoms with E-state index in [2.05, 4.69) is 41.0 Å². The maximum Gasteiger partial charge on any atom is 0.224 e. The number of nitrogens with zero attached hydrogens (tertiary/aromatic N) is 3. The number of hydrogen-bond donors (Lipinski definition) is 1. The van der Waals surface area contributed by atoms with Crippen molar-refractivity contribution in [1.82, 2.24) is 14.5 Å². The lowest BCUT2D eigenvalue weighted by Gasteiger charge is -2.33. The van der Waals surface area contributed by atoms with E-state index in [0.717, 1.165) is 55.0 Å². The van der Waals surface area contributed by atoms with Gasteiger partial charge >= 0.3 is 0 Å². The molecule has 0 aliphatic carbocycles. The number of piperidine rings is 1. The Hall–Kier alpha value is -3.42. The van der Waals surface area contributed by atoms with E-state index in [-0.39, 0.29) is 17.9 Å². The molecule has 1 amide bonds. The number of carbonyl (C=O) groups is 1. The Labute approximate surface area is 224 Å². The van der Waals surface area contributed by atoms with E-state index < -0.39 is 0 Å². The van der Waals surface area contributed by atoms with Gasteiger partial charge in [0.2, 0.25) is 5.91 Å². The largest absolute Gasteiger partial charge is 0.494 e. The number of imidazole rings is 1. The van der Waals surface area contributed by atoms with E-state index in [1.807, 2.05) is 29.2 Å². The molecule has 4 aromatic rings. The van der Waals surface area contributed by atoms with Crippen LogP contribution < -0.4 is 10.5 Å². The van der Waals surface area contributed by atoms with Gasteiger partial charge in [0.25, 0.3) is 0 Å². The van der Waals surface area contributed by atoms with E-state index >= 15 is 0 Å². The summed E-state index contributed by atoms with van der Waals surface area (Å²) >= 11 is 0. The Kier molecular flexibility index (Phi) is 8.25. The van der Waals surface area contributed by atoms with Gasteiger partial charge in [-0.3, -0.25) is 4.79 Å². The second-order valence-electron chi connectivity index (χ2n) is 10.3. The summed E-state index contributed by atoms with van der Waals surface area (Å²) in [6.07, 6.45) is 3.88. The van der Waals surface area contributed by atoms with Gasteiger partial charge < -0.3 is 24.7 Å². The highest BCUT2D eigenvalue weighted by atomic mass is 16.5. The van der Waals surface area contributed by atoms with E-state index in [1.165, 1.54) is 16.3 Å². The van der Waals surface area contributed by atoms with Gasteiger partial charge in [0.1, 0.15) is 17.1 Å². The summed E-state index contributed by atoms with van der Waals surface area (Å²) in [6, 6.07) is 20.6. The quantitative estimate of drug-likeness (QED) is 0.304. The first-order valence-corrected chi connectivity index (χ1v) is 13.6. The van der Waals surface area contributed by atoms with Crippen LogP contribution in [0.3, 0.4) is 0 Å². The number of likely N-dealkylation sites (tertiary alicyclic amines) is 1. The molecule has 0 unspecified atom stereocenters. The van der Waals surface area contributed by atoms with Crippen molar-refractivity contribution in [1.29, 1.82) is 0 Å². The molecule has 1 fully saturated rings. The number of amides is 1. The fourth-order valence-corrected chi connectivity index (χ4v) is 5.73. The van der Waals surface area contributed by atoms with Crippen LogP contribution in [0.25, 0.3) is 21.8 Å². The molecule has 5 rings (SSSR count). The number of ether oxygens (including phenoxy) is 2. The van der Waals surface area contributed by atoms with Crippen LogP contribution in [-0.4, -0.2) is 60.3 Å². The first-order valence-electron chi connectivity index (χ1n) is 13.6. The van der Waals surface area contributed by atoms with Gasteiger partial charge in [-0.05, 0) is 54.2 Å². The summed E-state index contributed by atoms with van der Waals surface area (Å²) in [7, 11) is 3.41. The second-order valence-corrected chi connectivity index (χ2v) is 10.3. The van der Waals surface area contributed by atoms with Crippen LogP contribution in [0.1, 0.15) is 43.0 Å². The molecule has 2 N–H and O–H groups in total. The molecule has 1 aliphatic heterocycles. The predicted octanol–water partition coefficient (Wildman–Crippen LogP) is 4.90. The average molecular weight is 515 g/mol. The fraction of sp³-hybridized carbons (Fsp3) is 0.419. The second kappa shape index (κ2) is 12.0. The number of aromatic nitrogens is 2. The van der Waals surface area contributed by atoms with Crippen LogP contribution in [0, 0.1) is 0 Å². The highest BCUT2D eigenvalue weighted by Crippen LogP contribution is 2.33. The third-order valence-electron chi connectivity index (χ3n) is 7.61. The zero-order valence-corrected chi connectivity index (χ0v) is 22.4. The van der Waals surface area contributed by atoms with Crippen molar-refractivity contribution in [2.24, 2.45) is 5.73 Å². The minimum absolute atomic E-state index is 0.127. The Morgan fingerprint density at radius 3 is 2.76 bits per heavy atom. The van der Waals surface area contributed by atoms with Crippen molar-refractivity contribution >= 4 is 27.7 Å². The summed E-state index contributed by atoms with van der Waals surface area (Å²) in [5.41, 5.74) is 9.60. The van der Waals surface area contributed by atoms with Crippen LogP contribution in [0.15, 0.2) is 60.7 Å². The number of fused-ring (bicyclic) bond motifs is 2. The summed E-state index contributed by atoms with van der Waals surface area (Å²) < 4.78 is 13.2. The van der Waals surface area contributed by atoms with Crippen LogP contribution in [-0.2, 0) is 22.5 Å². The molecule has 1 saturated heterocycles. The first-order chi connectivity index (χ1) is 18.6. The molecular formula is C31H38N4O3. The van der Waals surface area contributed by atoms with Crippen LogP contribution in [0.2, 0.25) is 0 Å². The van der Waals surface area contributed by atoms with Gasteiger partial charge in [-0.15, -0.1) is 0 Å². The molecular weight excluding hydrogens is 476 g/mol. The summed E-state index contributed by atoms with van der Waals surface area (Å²) in [5.74, 6) is 2.10.